The molecule has 4 fully saturated rings. The fourth-order valence-electron chi connectivity index (χ4n) is 12.2. The first-order valence-electron chi connectivity index (χ1n) is 21.5. The van der Waals surface area contributed by atoms with Crippen LogP contribution in [0, 0.1) is 23.7 Å². The summed E-state index contributed by atoms with van der Waals surface area (Å²) in [6.07, 6.45) is 6.81. The van der Waals surface area contributed by atoms with Crippen LogP contribution in [0.4, 0.5) is 34.1 Å². The van der Waals surface area contributed by atoms with E-state index in [4.69, 9.17) is 4.11 Å². The fourth-order valence-corrected chi connectivity index (χ4v) is 15.9. The van der Waals surface area contributed by atoms with Crippen LogP contribution in [0.2, 0.25) is 6.55 Å². The summed E-state index contributed by atoms with van der Waals surface area (Å²) in [5.74, 6) is 3.73. The molecule has 0 radical (unpaired) electrons. The zero-order chi connectivity index (χ0) is 37.8. The molecule has 0 N–H and O–H groups in total. The van der Waals surface area contributed by atoms with Crippen molar-refractivity contribution in [3.05, 3.63) is 145 Å². The van der Waals surface area contributed by atoms with E-state index in [2.05, 4.69) is 126 Å². The maximum atomic E-state index is 9.34. The quantitative estimate of drug-likeness (QED) is 0.177. The summed E-state index contributed by atoms with van der Waals surface area (Å²) < 4.78 is 44.7. The van der Waals surface area contributed by atoms with E-state index >= 15 is 0 Å². The minimum Gasteiger partial charge on any atom is -0.312 e. The van der Waals surface area contributed by atoms with E-state index < -0.39 is 8.07 Å². The molecule has 1 atom stereocenters. The Morgan fingerprint density at radius 2 is 1.24 bits per heavy atom. The van der Waals surface area contributed by atoms with Gasteiger partial charge in [0, 0.05) is 34.1 Å². The van der Waals surface area contributed by atoms with Crippen molar-refractivity contribution in [3.63, 3.8) is 0 Å². The molecule has 7 aliphatic rings. The van der Waals surface area contributed by atoms with Crippen LogP contribution in [-0.4, -0.2) is 14.8 Å². The number of anilines is 6. The number of rotatable bonds is 3. The minimum atomic E-state index is -3.22. The van der Waals surface area contributed by atoms with E-state index in [1.165, 1.54) is 71.1 Å². The summed E-state index contributed by atoms with van der Waals surface area (Å²) in [5.41, 5.74) is 12.2. The van der Waals surface area contributed by atoms with E-state index in [0.717, 1.165) is 39.3 Å². The van der Waals surface area contributed by atoms with Gasteiger partial charge >= 0.3 is 0 Å². The Bertz CT molecular complexity index is 2630. The maximum Gasteiger partial charge on any atom is 0.252 e. The third kappa shape index (κ3) is 3.79. The first-order chi connectivity index (χ1) is 27.2. The van der Waals surface area contributed by atoms with Crippen molar-refractivity contribution in [2.75, 3.05) is 9.80 Å². The normalized spacial score (nSPS) is 28.5. The monoisotopic (exact) mass is 677 g/mol. The van der Waals surface area contributed by atoms with E-state index in [1.807, 2.05) is 0 Å². The van der Waals surface area contributed by atoms with Gasteiger partial charge in [0.15, 0.2) is 8.07 Å². The molecule has 4 aliphatic carbocycles. The van der Waals surface area contributed by atoms with Gasteiger partial charge in [0.2, 0.25) is 0 Å². The second-order valence-electron chi connectivity index (χ2n) is 16.3. The third-order valence-corrected chi connectivity index (χ3v) is 18.1. The second kappa shape index (κ2) is 10.4. The van der Waals surface area contributed by atoms with Crippen molar-refractivity contribution in [1.29, 1.82) is 0 Å². The van der Waals surface area contributed by atoms with Crippen LogP contribution in [0.25, 0.3) is 0 Å². The van der Waals surface area contributed by atoms with Crippen LogP contribution in [-0.2, 0) is 0 Å². The number of para-hydroxylation sites is 4. The standard InChI is InChI=1S/C47H41BN2Si/c1-51(36-15-6-3-7-16-36)43-21-11-10-20-40(43)50-42-29-34(45-32-24-30-23-31(26-32)27-33(45)25-30)28-41-46(42)48(38-18-12-22-44(51)47(38)50)37-17-8-9-19-39(37)49(41)35-13-4-2-5-14-35/h2-22,28-33,45H,23-27H2,1H3/i3D,6D,7D,15D,16D. The molecular weight excluding hydrogens is 631 g/mol. The van der Waals surface area contributed by atoms with E-state index in [1.54, 1.807) is 0 Å². The molecular formula is C47H41BN2Si. The summed E-state index contributed by atoms with van der Waals surface area (Å²) >= 11 is 0. The topological polar surface area (TPSA) is 6.48 Å². The highest BCUT2D eigenvalue weighted by Crippen LogP contribution is 2.60. The highest BCUT2D eigenvalue weighted by Gasteiger charge is 2.53. The van der Waals surface area contributed by atoms with Gasteiger partial charge in [-0.2, -0.15) is 0 Å². The van der Waals surface area contributed by atoms with E-state index in [9.17, 15) is 2.74 Å². The van der Waals surface area contributed by atoms with Gasteiger partial charge in [0.25, 0.3) is 6.71 Å². The molecule has 4 saturated carbocycles. The van der Waals surface area contributed by atoms with Crippen molar-refractivity contribution in [3.8, 4) is 0 Å². The van der Waals surface area contributed by atoms with Crippen LogP contribution < -0.4 is 41.7 Å². The van der Waals surface area contributed by atoms with Crippen LogP contribution >= 0.6 is 0 Å². The Labute approximate surface area is 309 Å². The average Bonchev–Trinajstić information content (AvgIpc) is 3.21. The van der Waals surface area contributed by atoms with Crippen LogP contribution in [0.1, 0.15) is 50.4 Å². The summed E-state index contributed by atoms with van der Waals surface area (Å²) in [4.78, 5) is 5.04. The van der Waals surface area contributed by atoms with E-state index in [-0.39, 0.29) is 36.9 Å². The number of benzene rings is 6. The zero-order valence-electron chi connectivity index (χ0n) is 33.8. The molecule has 6 aromatic carbocycles. The van der Waals surface area contributed by atoms with Crippen molar-refractivity contribution < 1.29 is 6.85 Å². The van der Waals surface area contributed by atoms with E-state index in [0.29, 0.717) is 22.9 Å². The van der Waals surface area contributed by atoms with Crippen molar-refractivity contribution >= 4 is 80.9 Å². The summed E-state index contributed by atoms with van der Waals surface area (Å²) in [6.45, 7) is 2.17. The first-order valence-corrected chi connectivity index (χ1v) is 21.5. The predicted octanol–water partition coefficient (Wildman–Crippen LogP) is 7.72. The number of hydrogen-bond acceptors (Lipinski definition) is 2. The molecule has 246 valence electrons. The molecule has 4 heteroatoms. The Balaban J connectivity index is 1.19. The van der Waals surface area contributed by atoms with Gasteiger partial charge in [-0.15, -0.1) is 0 Å². The Kier molecular flexibility index (Phi) is 4.97. The molecule has 3 aliphatic heterocycles. The summed E-state index contributed by atoms with van der Waals surface area (Å²) in [7, 11) is -3.22. The molecule has 1 unspecified atom stereocenters. The number of fused-ring (bicyclic) bond motifs is 6. The lowest BCUT2D eigenvalue weighted by Crippen LogP contribution is -2.72. The van der Waals surface area contributed by atoms with Crippen LogP contribution in [0.5, 0.6) is 0 Å². The molecule has 0 aromatic heterocycles. The minimum absolute atomic E-state index is 0.0431. The van der Waals surface area contributed by atoms with Gasteiger partial charge < -0.3 is 9.80 Å². The summed E-state index contributed by atoms with van der Waals surface area (Å²) in [5, 5.41) is 2.63. The molecule has 6 aromatic rings. The fraction of sp³-hybridized carbons (Fsp3) is 0.234. The highest BCUT2D eigenvalue weighted by molar-refractivity contribution is 7.13. The molecule has 51 heavy (non-hydrogen) atoms. The lowest BCUT2D eigenvalue weighted by Gasteiger charge is -2.55. The first kappa shape index (κ1) is 24.4. The molecule has 4 bridgehead atoms. The summed E-state index contributed by atoms with van der Waals surface area (Å²) in [6, 6.07) is 39.1. The highest BCUT2D eigenvalue weighted by atomic mass is 28.3. The molecule has 0 spiro atoms. The number of nitrogens with zero attached hydrogens (tertiary/aromatic N) is 2. The lowest BCUT2D eigenvalue weighted by molar-refractivity contribution is -0.00274. The third-order valence-electron chi connectivity index (χ3n) is 13.9. The number of hydrogen-bond donors (Lipinski definition) is 0. The molecule has 3 heterocycles. The van der Waals surface area contributed by atoms with Crippen LogP contribution in [0.15, 0.2) is 139 Å². The lowest BCUT2D eigenvalue weighted by atomic mass is 9.33. The molecule has 13 rings (SSSR count). The van der Waals surface area contributed by atoms with Gasteiger partial charge in [-0.1, -0.05) is 110 Å². The van der Waals surface area contributed by atoms with Gasteiger partial charge in [-0.3, -0.25) is 0 Å². The second-order valence-corrected chi connectivity index (χ2v) is 20.1. The van der Waals surface area contributed by atoms with Gasteiger partial charge in [-0.25, -0.2) is 0 Å². The Hall–Kier alpha value is -4.80. The van der Waals surface area contributed by atoms with Crippen LogP contribution in [0.3, 0.4) is 0 Å². The van der Waals surface area contributed by atoms with Gasteiger partial charge in [0.1, 0.15) is 0 Å². The van der Waals surface area contributed by atoms with Crippen molar-refractivity contribution in [1.82, 2.24) is 0 Å². The zero-order valence-corrected chi connectivity index (χ0v) is 29.8. The van der Waals surface area contributed by atoms with Crippen molar-refractivity contribution in [2.24, 2.45) is 23.7 Å². The maximum absolute atomic E-state index is 9.34. The molecule has 2 nitrogen and oxygen atoms in total. The molecule has 0 amide bonds. The Morgan fingerprint density at radius 3 is 2.00 bits per heavy atom. The largest absolute Gasteiger partial charge is 0.312 e. The average molecular weight is 678 g/mol. The van der Waals surface area contributed by atoms with Crippen molar-refractivity contribution in [2.45, 2.75) is 44.6 Å². The molecule has 0 saturated heterocycles. The van der Waals surface area contributed by atoms with Gasteiger partial charge in [-0.05, 0) is 136 Å². The Morgan fingerprint density at radius 1 is 0.608 bits per heavy atom. The SMILES string of the molecule is [2H]c1c([2H])c([2H])c([Si]2(C)c3ccccc3N3c4cc(C5C6CC7CC(C6)CC5C7)cc5c4B(c4ccccc4N5c4ccccc4)c4cccc2c43)c([2H])c1[2H]. The van der Waals surface area contributed by atoms with Gasteiger partial charge in [0.05, 0.1) is 6.85 Å². The smallest absolute Gasteiger partial charge is 0.252 e. The predicted molar refractivity (Wildman–Crippen MR) is 217 cm³/mol.